The van der Waals surface area contributed by atoms with E-state index in [0.29, 0.717) is 0 Å². The van der Waals surface area contributed by atoms with Gasteiger partial charge in [0.05, 0.1) is 16.7 Å². The molecule has 1 atom stereocenters. The van der Waals surface area contributed by atoms with E-state index < -0.39 is 0 Å². The molecule has 1 aromatic rings. The molecule has 0 fully saturated rings. The van der Waals surface area contributed by atoms with Crippen LogP contribution in [0, 0.1) is 6.92 Å². The molecular formula is C6H10N2S2. The standard InChI is InChI=1S/C6H10N2S2/c1-4(8-9)6-3-10-5(2)7-6/h3-4,8-9H,1-2H3. The van der Waals surface area contributed by atoms with Gasteiger partial charge in [0.15, 0.2) is 0 Å². The number of rotatable bonds is 2. The van der Waals surface area contributed by atoms with Crippen LogP contribution in [0.15, 0.2) is 5.38 Å². The fourth-order valence-corrected chi connectivity index (χ4v) is 1.48. The molecular weight excluding hydrogens is 164 g/mol. The van der Waals surface area contributed by atoms with E-state index >= 15 is 0 Å². The first kappa shape index (κ1) is 8.04. The lowest BCUT2D eigenvalue weighted by Crippen LogP contribution is -2.06. The lowest BCUT2D eigenvalue weighted by atomic mass is 10.3. The molecule has 2 nitrogen and oxygen atoms in total. The number of nitrogens with zero attached hydrogens (tertiary/aromatic N) is 1. The van der Waals surface area contributed by atoms with E-state index in [0.717, 1.165) is 10.7 Å². The molecule has 0 amide bonds. The Balaban J connectivity index is 2.74. The van der Waals surface area contributed by atoms with Crippen molar-refractivity contribution in [2.45, 2.75) is 19.9 Å². The normalized spacial score (nSPS) is 13.5. The van der Waals surface area contributed by atoms with Crippen molar-refractivity contribution in [3.05, 3.63) is 16.1 Å². The van der Waals surface area contributed by atoms with E-state index in [-0.39, 0.29) is 6.04 Å². The highest BCUT2D eigenvalue weighted by molar-refractivity contribution is 7.78. The van der Waals surface area contributed by atoms with Crippen LogP contribution in [0.3, 0.4) is 0 Å². The Hall–Kier alpha value is -0.0600. The number of aryl methyl sites for hydroxylation is 1. The first-order valence-corrected chi connectivity index (χ1v) is 4.38. The molecule has 10 heavy (non-hydrogen) atoms. The smallest absolute Gasteiger partial charge is 0.0898 e. The monoisotopic (exact) mass is 174 g/mol. The fourth-order valence-electron chi connectivity index (χ4n) is 0.645. The average molecular weight is 174 g/mol. The summed E-state index contributed by atoms with van der Waals surface area (Å²) in [4.78, 5) is 4.29. The Kier molecular flexibility index (Phi) is 2.71. The second kappa shape index (κ2) is 3.37. The number of thiazole rings is 1. The van der Waals surface area contributed by atoms with Crippen molar-refractivity contribution in [2.24, 2.45) is 0 Å². The molecule has 0 aromatic carbocycles. The molecule has 56 valence electrons. The predicted octanol–water partition coefficient (Wildman–Crippen LogP) is 1.95. The molecule has 0 radical (unpaired) electrons. The Morgan fingerprint density at radius 3 is 2.90 bits per heavy atom. The minimum Gasteiger partial charge on any atom is -0.258 e. The van der Waals surface area contributed by atoms with Crippen LogP contribution in [0.25, 0.3) is 0 Å². The number of nitrogens with one attached hydrogen (secondary N) is 1. The van der Waals surface area contributed by atoms with Crippen LogP contribution < -0.4 is 4.72 Å². The maximum Gasteiger partial charge on any atom is 0.0898 e. The Labute approximate surface area is 70.2 Å². The quantitative estimate of drug-likeness (QED) is 0.670. The van der Waals surface area contributed by atoms with Crippen LogP contribution in [0.5, 0.6) is 0 Å². The molecule has 1 aromatic heterocycles. The number of aromatic nitrogens is 1. The van der Waals surface area contributed by atoms with E-state index in [2.05, 4.69) is 22.5 Å². The predicted molar refractivity (Wildman–Crippen MR) is 47.4 cm³/mol. The van der Waals surface area contributed by atoms with Gasteiger partial charge in [0.2, 0.25) is 0 Å². The van der Waals surface area contributed by atoms with Crippen molar-refractivity contribution < 1.29 is 0 Å². The summed E-state index contributed by atoms with van der Waals surface area (Å²) >= 11 is 5.61. The molecule has 1 unspecified atom stereocenters. The van der Waals surface area contributed by atoms with E-state index in [1.807, 2.05) is 19.2 Å². The third-order valence-corrected chi connectivity index (χ3v) is 2.45. The van der Waals surface area contributed by atoms with Gasteiger partial charge in [-0.2, -0.15) is 0 Å². The van der Waals surface area contributed by atoms with E-state index in [1.54, 1.807) is 11.3 Å². The zero-order valence-electron chi connectivity index (χ0n) is 5.96. The molecule has 1 heterocycles. The van der Waals surface area contributed by atoms with Crippen molar-refractivity contribution >= 4 is 24.2 Å². The molecule has 0 saturated heterocycles. The molecule has 0 saturated carbocycles. The van der Waals surface area contributed by atoms with Crippen molar-refractivity contribution in [1.82, 2.24) is 9.71 Å². The molecule has 0 aliphatic carbocycles. The summed E-state index contributed by atoms with van der Waals surface area (Å²) in [6, 6.07) is 0.244. The van der Waals surface area contributed by atoms with Crippen LogP contribution in [-0.2, 0) is 0 Å². The molecule has 1 N–H and O–H groups in total. The zero-order valence-corrected chi connectivity index (χ0v) is 7.67. The third-order valence-electron chi connectivity index (χ3n) is 1.27. The van der Waals surface area contributed by atoms with Gasteiger partial charge in [0, 0.05) is 5.38 Å². The average Bonchev–Trinajstić information content (AvgIpc) is 2.34. The maximum atomic E-state index is 4.29. The second-order valence-corrected chi connectivity index (χ2v) is 3.46. The van der Waals surface area contributed by atoms with Gasteiger partial charge in [-0.15, -0.1) is 11.3 Å². The van der Waals surface area contributed by atoms with Gasteiger partial charge in [-0.25, -0.2) is 4.98 Å². The SMILES string of the molecule is Cc1nc(C(C)NS)cs1. The molecule has 0 aliphatic heterocycles. The maximum absolute atomic E-state index is 4.29. The number of hydrogen-bond donors (Lipinski definition) is 2. The van der Waals surface area contributed by atoms with Crippen molar-refractivity contribution in [3.8, 4) is 0 Å². The first-order chi connectivity index (χ1) is 4.74. The lowest BCUT2D eigenvalue weighted by molar-refractivity contribution is 0.733. The van der Waals surface area contributed by atoms with Crippen LogP contribution in [0.4, 0.5) is 0 Å². The molecule has 0 spiro atoms. The van der Waals surface area contributed by atoms with E-state index in [1.165, 1.54) is 0 Å². The highest BCUT2D eigenvalue weighted by Crippen LogP contribution is 2.15. The van der Waals surface area contributed by atoms with Crippen molar-refractivity contribution in [3.63, 3.8) is 0 Å². The largest absolute Gasteiger partial charge is 0.258 e. The van der Waals surface area contributed by atoms with E-state index in [4.69, 9.17) is 0 Å². The van der Waals surface area contributed by atoms with Gasteiger partial charge in [-0.05, 0) is 13.8 Å². The van der Waals surface area contributed by atoms with Crippen LogP contribution in [-0.4, -0.2) is 4.98 Å². The summed E-state index contributed by atoms with van der Waals surface area (Å²) in [5.74, 6) is 0. The van der Waals surface area contributed by atoms with Crippen molar-refractivity contribution in [2.75, 3.05) is 0 Å². The lowest BCUT2D eigenvalue weighted by Gasteiger charge is -2.03. The molecule has 0 aliphatic rings. The summed E-state index contributed by atoms with van der Waals surface area (Å²) < 4.78 is 2.83. The summed E-state index contributed by atoms with van der Waals surface area (Å²) in [6.45, 7) is 4.03. The first-order valence-electron chi connectivity index (χ1n) is 3.05. The zero-order chi connectivity index (χ0) is 7.56. The topological polar surface area (TPSA) is 24.9 Å². The van der Waals surface area contributed by atoms with Gasteiger partial charge in [0.1, 0.15) is 0 Å². The Morgan fingerprint density at radius 1 is 1.80 bits per heavy atom. The minimum absolute atomic E-state index is 0.244. The van der Waals surface area contributed by atoms with Crippen molar-refractivity contribution in [1.29, 1.82) is 0 Å². The van der Waals surface area contributed by atoms with Gasteiger partial charge < -0.3 is 0 Å². The highest BCUT2D eigenvalue weighted by atomic mass is 32.1. The fraction of sp³-hybridized carbons (Fsp3) is 0.500. The Morgan fingerprint density at radius 2 is 2.50 bits per heavy atom. The number of thiol groups is 1. The second-order valence-electron chi connectivity index (χ2n) is 2.14. The molecule has 4 heteroatoms. The Bertz CT molecular complexity index is 209. The van der Waals surface area contributed by atoms with Crippen LogP contribution >= 0.6 is 24.2 Å². The summed E-state index contributed by atoms with van der Waals surface area (Å²) in [7, 11) is 0. The van der Waals surface area contributed by atoms with Crippen LogP contribution in [0.2, 0.25) is 0 Å². The molecule has 0 bridgehead atoms. The van der Waals surface area contributed by atoms with Gasteiger partial charge >= 0.3 is 0 Å². The summed E-state index contributed by atoms with van der Waals surface area (Å²) in [6.07, 6.45) is 0. The molecule has 1 rings (SSSR count). The number of hydrogen-bond acceptors (Lipinski definition) is 4. The minimum atomic E-state index is 0.244. The van der Waals surface area contributed by atoms with Gasteiger partial charge in [0.25, 0.3) is 0 Å². The van der Waals surface area contributed by atoms with E-state index in [9.17, 15) is 0 Å². The van der Waals surface area contributed by atoms with Gasteiger partial charge in [-0.3, -0.25) is 4.72 Å². The van der Waals surface area contributed by atoms with Gasteiger partial charge in [-0.1, -0.05) is 12.8 Å². The summed E-state index contributed by atoms with van der Waals surface area (Å²) in [5, 5.41) is 3.15. The highest BCUT2D eigenvalue weighted by Gasteiger charge is 2.04. The van der Waals surface area contributed by atoms with Crippen LogP contribution in [0.1, 0.15) is 23.7 Å². The summed E-state index contributed by atoms with van der Waals surface area (Å²) in [5.41, 5.74) is 1.07. The third kappa shape index (κ3) is 1.71.